The molecule has 3 aromatic rings. The Morgan fingerprint density at radius 2 is 2.07 bits per heavy atom. The number of ether oxygens (including phenoxy) is 1. The molecule has 146 valence electrons. The average molecular weight is 384 g/mol. The van der Waals surface area contributed by atoms with Gasteiger partial charge >= 0.3 is 0 Å². The van der Waals surface area contributed by atoms with E-state index in [2.05, 4.69) is 15.3 Å². The van der Waals surface area contributed by atoms with Crippen molar-refractivity contribution in [2.24, 2.45) is 5.92 Å². The number of hydrogen-bond acceptors (Lipinski definition) is 6. The van der Waals surface area contributed by atoms with E-state index in [1.54, 1.807) is 19.2 Å². The molecule has 3 heterocycles. The minimum Gasteiger partial charge on any atom is -0.493 e. The molecule has 0 unspecified atom stereocenters. The molecule has 0 saturated carbocycles. The van der Waals surface area contributed by atoms with Crippen molar-refractivity contribution in [3.05, 3.63) is 48.2 Å². The molecule has 0 radical (unpaired) electrons. The maximum atomic E-state index is 12.9. The number of carbonyl (C=O) groups is 1. The molecule has 7 nitrogen and oxygen atoms in total. The molecule has 1 aliphatic heterocycles. The Morgan fingerprint density at radius 3 is 2.79 bits per heavy atom. The molecular weight excluding hydrogens is 363 g/mol. The Bertz CT molecular complexity index is 965. The normalized spacial score (nSPS) is 15.0. The van der Waals surface area contributed by atoms with Gasteiger partial charge in [-0.3, -0.25) is 4.79 Å². The summed E-state index contributed by atoms with van der Waals surface area (Å²) < 4.78 is 23.9. The minimum absolute atomic E-state index is 0.234. The van der Waals surface area contributed by atoms with E-state index in [9.17, 15) is 9.18 Å². The Kier molecular flexibility index (Phi) is 5.10. The zero-order valence-corrected chi connectivity index (χ0v) is 15.5. The Hall–Kier alpha value is -3.16. The molecule has 0 spiro atoms. The molecule has 1 aromatic carbocycles. The summed E-state index contributed by atoms with van der Waals surface area (Å²) in [6.45, 7) is 2.12. The Balaban J connectivity index is 1.31. The van der Waals surface area contributed by atoms with Gasteiger partial charge in [0.2, 0.25) is 5.95 Å². The van der Waals surface area contributed by atoms with Crippen LogP contribution in [0.15, 0.2) is 41.1 Å². The molecule has 8 heteroatoms. The van der Waals surface area contributed by atoms with Gasteiger partial charge in [-0.15, -0.1) is 0 Å². The van der Waals surface area contributed by atoms with Crippen LogP contribution < -0.4 is 15.0 Å². The second-order valence-corrected chi connectivity index (χ2v) is 6.83. The largest absolute Gasteiger partial charge is 0.493 e. The molecule has 0 bridgehead atoms. The van der Waals surface area contributed by atoms with E-state index in [-0.39, 0.29) is 11.7 Å². The number of methoxy groups -OCH3 is 1. The summed E-state index contributed by atoms with van der Waals surface area (Å²) in [5, 5.41) is 3.79. The van der Waals surface area contributed by atoms with Crippen LogP contribution in [0.4, 0.5) is 10.3 Å². The van der Waals surface area contributed by atoms with Crippen molar-refractivity contribution in [2.45, 2.75) is 12.8 Å². The summed E-state index contributed by atoms with van der Waals surface area (Å²) in [4.78, 5) is 22.5. The average Bonchev–Trinajstić information content (AvgIpc) is 3.17. The lowest BCUT2D eigenvalue weighted by atomic mass is 9.97. The van der Waals surface area contributed by atoms with Crippen molar-refractivity contribution in [3.63, 3.8) is 0 Å². The van der Waals surface area contributed by atoms with Crippen LogP contribution in [-0.4, -0.2) is 42.6 Å². The third kappa shape index (κ3) is 3.76. The first-order valence-electron chi connectivity index (χ1n) is 9.21. The zero-order chi connectivity index (χ0) is 19.5. The number of nitrogens with one attached hydrogen (secondary N) is 1. The van der Waals surface area contributed by atoms with Crippen LogP contribution in [0.2, 0.25) is 0 Å². The predicted molar refractivity (Wildman–Crippen MR) is 102 cm³/mol. The summed E-state index contributed by atoms with van der Waals surface area (Å²) in [6.07, 6.45) is 4.15. The van der Waals surface area contributed by atoms with Gasteiger partial charge in [-0.1, -0.05) is 12.1 Å². The third-order valence-electron chi connectivity index (χ3n) is 5.01. The highest BCUT2D eigenvalue weighted by Crippen LogP contribution is 2.28. The van der Waals surface area contributed by atoms with Crippen LogP contribution in [0.5, 0.6) is 5.75 Å². The van der Waals surface area contributed by atoms with E-state index >= 15 is 0 Å². The monoisotopic (exact) mass is 384 g/mol. The maximum absolute atomic E-state index is 12.9. The number of fused-ring (bicyclic) bond motifs is 1. The van der Waals surface area contributed by atoms with Crippen molar-refractivity contribution < 1.29 is 18.3 Å². The lowest BCUT2D eigenvalue weighted by Gasteiger charge is -2.31. The molecule has 2 aromatic heterocycles. The van der Waals surface area contributed by atoms with Crippen LogP contribution in [0.3, 0.4) is 0 Å². The standard InChI is InChI=1S/C20H21FN4O3/c1-27-16-4-2-3-14-9-17(28-18(14)16)19(26)22-10-13-5-7-25(8-6-13)20-23-11-15(21)12-24-20/h2-4,9,11-13H,5-8,10H2,1H3,(H,22,26). The van der Waals surface area contributed by atoms with Crippen molar-refractivity contribution >= 4 is 22.8 Å². The number of para-hydroxylation sites is 1. The molecule has 1 N–H and O–H groups in total. The Labute approximate surface area is 161 Å². The lowest BCUT2D eigenvalue weighted by molar-refractivity contribution is 0.0919. The second kappa shape index (κ2) is 7.84. The molecule has 0 aliphatic carbocycles. The lowest BCUT2D eigenvalue weighted by Crippen LogP contribution is -2.39. The molecular formula is C20H21FN4O3. The SMILES string of the molecule is COc1cccc2cc(C(=O)NCC3CCN(c4ncc(F)cn4)CC3)oc12. The van der Waals surface area contributed by atoms with Gasteiger partial charge in [0.15, 0.2) is 22.9 Å². The van der Waals surface area contributed by atoms with E-state index in [0.717, 1.165) is 31.3 Å². The summed E-state index contributed by atoms with van der Waals surface area (Å²) in [7, 11) is 1.57. The van der Waals surface area contributed by atoms with Crippen molar-refractivity contribution in [3.8, 4) is 5.75 Å². The second-order valence-electron chi connectivity index (χ2n) is 6.83. The number of amides is 1. The molecule has 28 heavy (non-hydrogen) atoms. The van der Waals surface area contributed by atoms with E-state index in [1.807, 2.05) is 17.0 Å². The predicted octanol–water partition coefficient (Wildman–Crippen LogP) is 3.02. The number of aromatic nitrogens is 2. The van der Waals surface area contributed by atoms with Gasteiger partial charge in [-0.05, 0) is 30.9 Å². The molecule has 1 saturated heterocycles. The van der Waals surface area contributed by atoms with Gasteiger partial charge in [0.05, 0.1) is 19.5 Å². The molecule has 1 amide bonds. The van der Waals surface area contributed by atoms with Gasteiger partial charge in [0, 0.05) is 25.0 Å². The number of nitrogens with zero attached hydrogens (tertiary/aromatic N) is 3. The van der Waals surface area contributed by atoms with Crippen molar-refractivity contribution in [1.82, 2.24) is 15.3 Å². The highest BCUT2D eigenvalue weighted by molar-refractivity contribution is 5.97. The highest BCUT2D eigenvalue weighted by Gasteiger charge is 2.22. The number of piperidine rings is 1. The van der Waals surface area contributed by atoms with E-state index in [4.69, 9.17) is 9.15 Å². The quantitative estimate of drug-likeness (QED) is 0.728. The number of rotatable bonds is 5. The molecule has 4 rings (SSSR count). The molecule has 1 fully saturated rings. The summed E-state index contributed by atoms with van der Waals surface area (Å²) in [5.41, 5.74) is 0.572. The van der Waals surface area contributed by atoms with Gasteiger partial charge in [-0.25, -0.2) is 14.4 Å². The highest BCUT2D eigenvalue weighted by atomic mass is 19.1. The van der Waals surface area contributed by atoms with E-state index < -0.39 is 5.82 Å². The first-order valence-corrected chi connectivity index (χ1v) is 9.21. The van der Waals surface area contributed by atoms with Crippen molar-refractivity contribution in [2.75, 3.05) is 31.6 Å². The number of benzene rings is 1. The third-order valence-corrected chi connectivity index (χ3v) is 5.01. The molecule has 0 atom stereocenters. The number of hydrogen-bond donors (Lipinski definition) is 1. The van der Waals surface area contributed by atoms with Crippen LogP contribution in [0, 0.1) is 11.7 Å². The van der Waals surface area contributed by atoms with Crippen LogP contribution in [-0.2, 0) is 0 Å². The minimum atomic E-state index is -0.440. The smallest absolute Gasteiger partial charge is 0.287 e. The van der Waals surface area contributed by atoms with Gasteiger partial charge in [0.1, 0.15) is 0 Å². The van der Waals surface area contributed by atoms with Crippen molar-refractivity contribution in [1.29, 1.82) is 0 Å². The number of carbonyl (C=O) groups excluding carboxylic acids is 1. The summed E-state index contributed by atoms with van der Waals surface area (Å²) >= 11 is 0. The van der Waals surface area contributed by atoms with Gasteiger partial charge < -0.3 is 19.4 Å². The van der Waals surface area contributed by atoms with E-state index in [1.165, 1.54) is 12.4 Å². The maximum Gasteiger partial charge on any atom is 0.287 e. The van der Waals surface area contributed by atoms with E-state index in [0.29, 0.717) is 29.7 Å². The van der Waals surface area contributed by atoms with Gasteiger partial charge in [0.25, 0.3) is 5.91 Å². The summed E-state index contributed by atoms with van der Waals surface area (Å²) in [5.74, 6) is 1.11. The van der Waals surface area contributed by atoms with Gasteiger partial charge in [-0.2, -0.15) is 0 Å². The Morgan fingerprint density at radius 1 is 1.32 bits per heavy atom. The summed E-state index contributed by atoms with van der Waals surface area (Å²) in [6, 6.07) is 7.26. The number of halogens is 1. The van der Waals surface area contributed by atoms with Crippen LogP contribution in [0.1, 0.15) is 23.4 Å². The van der Waals surface area contributed by atoms with Crippen LogP contribution >= 0.6 is 0 Å². The zero-order valence-electron chi connectivity index (χ0n) is 15.5. The number of furan rings is 1. The fourth-order valence-electron chi connectivity index (χ4n) is 3.44. The first kappa shape index (κ1) is 18.2. The fraction of sp³-hybridized carbons (Fsp3) is 0.350. The first-order chi connectivity index (χ1) is 13.6. The molecule has 1 aliphatic rings. The topological polar surface area (TPSA) is 80.5 Å². The van der Waals surface area contributed by atoms with Crippen LogP contribution in [0.25, 0.3) is 11.0 Å². The number of anilines is 1. The fourth-order valence-corrected chi connectivity index (χ4v) is 3.44.